The van der Waals surface area contributed by atoms with Crippen molar-refractivity contribution in [3.63, 3.8) is 0 Å². The zero-order valence-corrected chi connectivity index (χ0v) is 10.1. The van der Waals surface area contributed by atoms with Gasteiger partial charge in [0.05, 0.1) is 17.8 Å². The minimum atomic E-state index is -4.46. The monoisotopic (exact) mass is 273 g/mol. The van der Waals surface area contributed by atoms with Crippen molar-refractivity contribution in [2.45, 2.75) is 19.0 Å². The molecule has 1 amide bonds. The maximum absolute atomic E-state index is 12.3. The van der Waals surface area contributed by atoms with Crippen LogP contribution in [0.3, 0.4) is 0 Å². The van der Waals surface area contributed by atoms with Crippen LogP contribution in [-0.4, -0.2) is 24.0 Å². The second kappa shape index (κ2) is 5.56. The number of hydrogen-bond acceptors (Lipinski definition) is 3. The van der Waals surface area contributed by atoms with E-state index in [4.69, 9.17) is 0 Å². The van der Waals surface area contributed by atoms with E-state index >= 15 is 0 Å². The molecule has 1 atom stereocenters. The van der Waals surface area contributed by atoms with E-state index in [1.54, 1.807) is 0 Å². The van der Waals surface area contributed by atoms with Crippen LogP contribution in [0, 0.1) is 5.92 Å². The highest BCUT2D eigenvalue weighted by Gasteiger charge is 2.32. The number of anilines is 1. The fraction of sp³-hybridized carbons (Fsp3) is 0.500. The van der Waals surface area contributed by atoms with Gasteiger partial charge in [-0.3, -0.25) is 4.79 Å². The molecule has 4 nitrogen and oxygen atoms in total. The Labute approximate surface area is 108 Å². The first kappa shape index (κ1) is 13.8. The number of carbonyl (C=O) groups is 1. The molecule has 1 aromatic rings. The van der Waals surface area contributed by atoms with Gasteiger partial charge in [0.15, 0.2) is 0 Å². The smallest absolute Gasteiger partial charge is 0.324 e. The van der Waals surface area contributed by atoms with E-state index in [1.165, 1.54) is 6.07 Å². The predicted octanol–water partition coefficient (Wildman–Crippen LogP) is 2.04. The number of nitrogens with one attached hydrogen (secondary N) is 2. The van der Waals surface area contributed by atoms with Crippen molar-refractivity contribution in [2.24, 2.45) is 5.92 Å². The number of amides is 1. The van der Waals surface area contributed by atoms with Crippen LogP contribution in [0.15, 0.2) is 18.3 Å². The highest BCUT2D eigenvalue weighted by Crippen LogP contribution is 2.27. The van der Waals surface area contributed by atoms with Crippen LogP contribution in [0.1, 0.15) is 18.5 Å². The van der Waals surface area contributed by atoms with Crippen LogP contribution in [0.25, 0.3) is 0 Å². The molecule has 2 rings (SSSR count). The third-order valence-electron chi connectivity index (χ3n) is 2.99. The Kier molecular flexibility index (Phi) is 4.04. The third kappa shape index (κ3) is 3.66. The summed E-state index contributed by atoms with van der Waals surface area (Å²) in [6.45, 7) is 1.49. The Hall–Kier alpha value is -1.63. The fourth-order valence-corrected chi connectivity index (χ4v) is 1.96. The van der Waals surface area contributed by atoms with Gasteiger partial charge in [0.1, 0.15) is 5.69 Å². The van der Waals surface area contributed by atoms with Crippen molar-refractivity contribution in [3.05, 3.63) is 24.0 Å². The molecule has 2 N–H and O–H groups in total. The topological polar surface area (TPSA) is 54.0 Å². The Morgan fingerprint density at radius 2 is 2.21 bits per heavy atom. The van der Waals surface area contributed by atoms with Crippen LogP contribution in [0.5, 0.6) is 0 Å². The van der Waals surface area contributed by atoms with Crippen molar-refractivity contribution in [3.8, 4) is 0 Å². The standard InChI is InChI=1S/C12H14F3N3O/c13-12(14,15)10-4-3-9(7-17-10)18-11(19)8-2-1-5-16-6-8/h3-4,7-8,16H,1-2,5-6H2,(H,18,19). The number of rotatable bonds is 2. The summed E-state index contributed by atoms with van der Waals surface area (Å²) in [6, 6.07) is 2.07. The molecule has 0 aliphatic carbocycles. The van der Waals surface area contributed by atoms with Crippen LogP contribution in [0.4, 0.5) is 18.9 Å². The minimum absolute atomic E-state index is 0.143. The molecule has 2 heterocycles. The van der Waals surface area contributed by atoms with Gasteiger partial charge in [0.2, 0.25) is 5.91 Å². The molecule has 1 aliphatic heterocycles. The Morgan fingerprint density at radius 1 is 1.42 bits per heavy atom. The number of nitrogens with zero attached hydrogens (tertiary/aromatic N) is 1. The van der Waals surface area contributed by atoms with Crippen molar-refractivity contribution < 1.29 is 18.0 Å². The van der Waals surface area contributed by atoms with Crippen LogP contribution >= 0.6 is 0 Å². The molecule has 0 spiro atoms. The quantitative estimate of drug-likeness (QED) is 0.867. The summed E-state index contributed by atoms with van der Waals surface area (Å²) in [5.74, 6) is -0.329. The summed E-state index contributed by atoms with van der Waals surface area (Å²) >= 11 is 0. The zero-order chi connectivity index (χ0) is 13.9. The van der Waals surface area contributed by atoms with E-state index in [0.717, 1.165) is 31.6 Å². The molecule has 0 bridgehead atoms. The van der Waals surface area contributed by atoms with E-state index in [9.17, 15) is 18.0 Å². The van der Waals surface area contributed by atoms with Gasteiger partial charge in [-0.15, -0.1) is 0 Å². The largest absolute Gasteiger partial charge is 0.433 e. The average molecular weight is 273 g/mol. The number of aromatic nitrogens is 1. The van der Waals surface area contributed by atoms with E-state index in [1.807, 2.05) is 0 Å². The van der Waals surface area contributed by atoms with Gasteiger partial charge < -0.3 is 10.6 Å². The maximum Gasteiger partial charge on any atom is 0.433 e. The van der Waals surface area contributed by atoms with Crippen LogP contribution in [0.2, 0.25) is 0 Å². The lowest BCUT2D eigenvalue weighted by molar-refractivity contribution is -0.141. The van der Waals surface area contributed by atoms with Crippen molar-refractivity contribution in [1.29, 1.82) is 0 Å². The van der Waals surface area contributed by atoms with Gasteiger partial charge in [0, 0.05) is 6.54 Å². The van der Waals surface area contributed by atoms with Crippen LogP contribution in [-0.2, 0) is 11.0 Å². The molecular formula is C12H14F3N3O. The van der Waals surface area contributed by atoms with E-state index in [0.29, 0.717) is 6.54 Å². The van der Waals surface area contributed by atoms with Gasteiger partial charge in [0.25, 0.3) is 0 Å². The summed E-state index contributed by atoms with van der Waals surface area (Å²) in [6.07, 6.45) is -1.73. The highest BCUT2D eigenvalue weighted by molar-refractivity contribution is 5.92. The molecule has 1 fully saturated rings. The number of pyridine rings is 1. The normalized spacial score (nSPS) is 20.1. The van der Waals surface area contributed by atoms with Gasteiger partial charge in [-0.1, -0.05) is 0 Å². The van der Waals surface area contributed by atoms with E-state index in [-0.39, 0.29) is 17.5 Å². The number of alkyl halides is 3. The van der Waals surface area contributed by atoms with Gasteiger partial charge in [-0.05, 0) is 31.5 Å². The Morgan fingerprint density at radius 3 is 2.74 bits per heavy atom. The minimum Gasteiger partial charge on any atom is -0.324 e. The molecular weight excluding hydrogens is 259 g/mol. The zero-order valence-electron chi connectivity index (χ0n) is 10.1. The van der Waals surface area contributed by atoms with Gasteiger partial charge in [-0.2, -0.15) is 13.2 Å². The van der Waals surface area contributed by atoms with E-state index < -0.39 is 11.9 Å². The summed E-state index contributed by atoms with van der Waals surface area (Å²) < 4.78 is 36.9. The first-order chi connectivity index (χ1) is 8.97. The molecule has 1 saturated heterocycles. The summed E-state index contributed by atoms with van der Waals surface area (Å²) in [5.41, 5.74) is -0.687. The lowest BCUT2D eigenvalue weighted by atomic mass is 9.99. The first-order valence-electron chi connectivity index (χ1n) is 6.01. The molecule has 1 aromatic heterocycles. The van der Waals surface area contributed by atoms with Crippen molar-refractivity contribution >= 4 is 11.6 Å². The molecule has 0 radical (unpaired) electrons. The van der Waals surface area contributed by atoms with Gasteiger partial charge >= 0.3 is 6.18 Å². The summed E-state index contributed by atoms with van der Waals surface area (Å²) in [7, 11) is 0. The molecule has 7 heteroatoms. The molecule has 0 saturated carbocycles. The van der Waals surface area contributed by atoms with Crippen molar-refractivity contribution in [1.82, 2.24) is 10.3 Å². The Bertz CT molecular complexity index is 439. The lowest BCUT2D eigenvalue weighted by Crippen LogP contribution is -2.37. The maximum atomic E-state index is 12.3. The number of hydrogen-bond donors (Lipinski definition) is 2. The van der Waals surface area contributed by atoms with Crippen LogP contribution < -0.4 is 10.6 Å². The molecule has 19 heavy (non-hydrogen) atoms. The number of carbonyl (C=O) groups excluding carboxylic acids is 1. The second-order valence-electron chi connectivity index (χ2n) is 4.46. The summed E-state index contributed by atoms with van der Waals surface area (Å²) in [5, 5.41) is 5.69. The Balaban J connectivity index is 1.97. The predicted molar refractivity (Wildman–Crippen MR) is 63.5 cm³/mol. The highest BCUT2D eigenvalue weighted by atomic mass is 19.4. The lowest BCUT2D eigenvalue weighted by Gasteiger charge is -2.21. The van der Waals surface area contributed by atoms with Gasteiger partial charge in [-0.25, -0.2) is 4.98 Å². The van der Waals surface area contributed by atoms with E-state index in [2.05, 4.69) is 15.6 Å². The average Bonchev–Trinajstić information content (AvgIpc) is 2.39. The molecule has 0 aromatic carbocycles. The molecule has 104 valence electrons. The first-order valence-corrected chi connectivity index (χ1v) is 6.01. The molecule has 1 aliphatic rings. The second-order valence-corrected chi connectivity index (χ2v) is 4.46. The molecule has 1 unspecified atom stereocenters. The number of halogens is 3. The SMILES string of the molecule is O=C(Nc1ccc(C(F)(F)F)nc1)C1CCCNC1. The number of piperidine rings is 1. The summed E-state index contributed by atoms with van der Waals surface area (Å²) in [4.78, 5) is 15.1. The van der Waals surface area contributed by atoms with Crippen molar-refractivity contribution in [2.75, 3.05) is 18.4 Å². The fourth-order valence-electron chi connectivity index (χ4n) is 1.96. The third-order valence-corrected chi connectivity index (χ3v) is 2.99.